The van der Waals surface area contributed by atoms with Gasteiger partial charge in [-0.3, -0.25) is 33.7 Å². The number of carboxylic acids is 1. The van der Waals surface area contributed by atoms with Crippen LogP contribution in [0.1, 0.15) is 100 Å². The summed E-state index contributed by atoms with van der Waals surface area (Å²) < 4.78 is 0. The maximum Gasteiger partial charge on any atom is 0.326 e. The van der Waals surface area contributed by atoms with E-state index in [9.17, 15) is 38.7 Å². The first-order valence-corrected chi connectivity index (χ1v) is 18.4. The molecule has 0 aromatic carbocycles. The molecule has 1 heterocycles. The van der Waals surface area contributed by atoms with Crippen LogP contribution in [-0.4, -0.2) is 108 Å². The average Bonchev–Trinajstić information content (AvgIpc) is 3.39. The smallest absolute Gasteiger partial charge is 0.326 e. The van der Waals surface area contributed by atoms with Crippen LogP contribution < -0.4 is 21.3 Å². The van der Waals surface area contributed by atoms with Gasteiger partial charge in [0.2, 0.25) is 23.6 Å². The molecule has 14 heteroatoms. The van der Waals surface area contributed by atoms with E-state index in [1.165, 1.54) is 18.2 Å². The van der Waals surface area contributed by atoms with Gasteiger partial charge >= 0.3 is 5.97 Å². The summed E-state index contributed by atoms with van der Waals surface area (Å²) in [6.45, 7) is 15.2. The number of nitrogens with one attached hydrogen (secondary N) is 4. The van der Waals surface area contributed by atoms with E-state index in [1.807, 2.05) is 34.6 Å². The van der Waals surface area contributed by atoms with Crippen molar-refractivity contribution in [3.63, 3.8) is 0 Å². The van der Waals surface area contributed by atoms with E-state index in [0.29, 0.717) is 5.92 Å². The van der Waals surface area contributed by atoms with Crippen molar-refractivity contribution >= 4 is 41.4 Å². The van der Waals surface area contributed by atoms with E-state index in [1.54, 1.807) is 20.2 Å². The molecule has 14 nitrogen and oxygen atoms in total. The fraction of sp³-hybridized carbons (Fsp3) is 0.711. The predicted molar refractivity (Wildman–Crippen MR) is 197 cm³/mol. The van der Waals surface area contributed by atoms with E-state index >= 15 is 0 Å². The fourth-order valence-corrected chi connectivity index (χ4v) is 7.08. The number of likely N-dealkylation sites (N-methyl/N-ethyl adjacent to an activating group) is 2. The number of hydrogen-bond donors (Lipinski definition) is 5. The molecule has 1 saturated carbocycles. The minimum atomic E-state index is -1.37. The summed E-state index contributed by atoms with van der Waals surface area (Å²) in [7, 11) is 3.40. The SMILES string of the molecule is CN[C@H](C(=O)N[C@H](C(=O)N(C)[C@H](/C=C(\C)C(=O)N[C@H](CCC(=O)NCCN1C(=O)C=CC1=O)C(=O)O)C(C)C)C(C)(C)C)C(C)(C)C1CCCCC1. The maximum atomic E-state index is 14.2. The highest BCUT2D eigenvalue weighted by atomic mass is 16.4. The van der Waals surface area contributed by atoms with Crippen LogP contribution in [-0.2, 0) is 33.6 Å². The molecule has 1 fully saturated rings. The lowest BCUT2D eigenvalue weighted by molar-refractivity contribution is -0.142. The Morgan fingerprint density at radius 2 is 1.54 bits per heavy atom. The van der Waals surface area contributed by atoms with Crippen LogP contribution in [0.4, 0.5) is 0 Å². The largest absolute Gasteiger partial charge is 0.480 e. The van der Waals surface area contributed by atoms with Crippen LogP contribution in [0.2, 0.25) is 0 Å². The van der Waals surface area contributed by atoms with Gasteiger partial charge in [-0.25, -0.2) is 4.79 Å². The molecule has 292 valence electrons. The molecule has 2 rings (SSSR count). The highest BCUT2D eigenvalue weighted by molar-refractivity contribution is 6.12. The second kappa shape index (κ2) is 19.1. The van der Waals surface area contributed by atoms with Crippen molar-refractivity contribution < 1.29 is 38.7 Å². The van der Waals surface area contributed by atoms with E-state index < -0.39 is 59.2 Å². The molecular weight excluding hydrogens is 668 g/mol. The van der Waals surface area contributed by atoms with Crippen molar-refractivity contribution in [2.45, 2.75) is 125 Å². The number of amides is 6. The van der Waals surface area contributed by atoms with Gasteiger partial charge in [0.25, 0.3) is 11.8 Å². The number of aliphatic carboxylic acids is 1. The van der Waals surface area contributed by atoms with Gasteiger partial charge in [0.15, 0.2) is 0 Å². The van der Waals surface area contributed by atoms with E-state index in [-0.39, 0.29) is 54.7 Å². The predicted octanol–water partition coefficient (Wildman–Crippen LogP) is 2.53. The van der Waals surface area contributed by atoms with Crippen molar-refractivity contribution in [1.29, 1.82) is 0 Å². The zero-order valence-electron chi connectivity index (χ0n) is 32.8. The van der Waals surface area contributed by atoms with Crippen LogP contribution >= 0.6 is 0 Å². The number of imide groups is 1. The Labute approximate surface area is 308 Å². The summed E-state index contributed by atoms with van der Waals surface area (Å²) >= 11 is 0. The Bertz CT molecular complexity index is 1370. The van der Waals surface area contributed by atoms with Crippen molar-refractivity contribution in [2.24, 2.45) is 22.7 Å². The molecule has 52 heavy (non-hydrogen) atoms. The molecule has 0 unspecified atom stereocenters. The quantitative estimate of drug-likeness (QED) is 0.104. The van der Waals surface area contributed by atoms with Crippen LogP contribution in [0.15, 0.2) is 23.8 Å². The minimum absolute atomic E-state index is 0.00103. The van der Waals surface area contributed by atoms with Crippen molar-refractivity contribution in [3.8, 4) is 0 Å². The molecule has 0 bridgehead atoms. The second-order valence-electron chi connectivity index (χ2n) is 16.1. The first-order valence-electron chi connectivity index (χ1n) is 18.4. The van der Waals surface area contributed by atoms with Crippen molar-refractivity contribution in [1.82, 2.24) is 31.1 Å². The molecule has 0 saturated heterocycles. The highest BCUT2D eigenvalue weighted by Gasteiger charge is 2.44. The summed E-state index contributed by atoms with van der Waals surface area (Å²) in [6, 6.07) is -3.33. The zero-order chi connectivity index (χ0) is 39.6. The molecular formula is C38H62N6O8. The Kier molecular flexibility index (Phi) is 16.2. The maximum absolute atomic E-state index is 14.2. The third kappa shape index (κ3) is 12.0. The topological polar surface area (TPSA) is 194 Å². The summed E-state index contributed by atoms with van der Waals surface area (Å²) in [5.41, 5.74) is -0.799. The summed E-state index contributed by atoms with van der Waals surface area (Å²) in [6.07, 6.45) is 9.08. The van der Waals surface area contributed by atoms with Gasteiger partial charge in [0, 0.05) is 44.3 Å². The molecule has 1 aliphatic carbocycles. The van der Waals surface area contributed by atoms with Gasteiger partial charge < -0.3 is 31.3 Å². The Hall–Kier alpha value is -4.07. The van der Waals surface area contributed by atoms with Gasteiger partial charge in [-0.2, -0.15) is 0 Å². The standard InChI is InChI=1S/C38H62N6O8/c1-23(2)27(22-24(3)33(48)41-26(36(51)52)16-17-28(45)40-20-21-44-29(46)18-19-30(44)47)43(10)35(50)32(37(4,5)6)42-34(49)31(39-9)38(7,8)25-14-12-11-13-15-25/h18-19,22-23,25-27,31-32,39H,11-17,20-21H2,1-10H3,(H,40,45)(H,41,48)(H,42,49)(H,51,52)/b24-22+/t26-,27-,31-,32-/m1/s1. The zero-order valence-corrected chi connectivity index (χ0v) is 32.8. The van der Waals surface area contributed by atoms with Gasteiger partial charge in [-0.1, -0.05) is 73.8 Å². The number of carbonyl (C=O) groups excluding carboxylic acids is 6. The molecule has 5 N–H and O–H groups in total. The normalized spacial score (nSPS) is 18.1. The number of rotatable bonds is 18. The van der Waals surface area contributed by atoms with Gasteiger partial charge in [0.05, 0.1) is 12.1 Å². The van der Waals surface area contributed by atoms with Gasteiger partial charge in [0.1, 0.15) is 12.1 Å². The lowest BCUT2D eigenvalue weighted by atomic mass is 9.66. The summed E-state index contributed by atoms with van der Waals surface area (Å²) in [5, 5.41) is 21.1. The summed E-state index contributed by atoms with van der Waals surface area (Å²) in [4.78, 5) is 91.5. The lowest BCUT2D eigenvalue weighted by Crippen LogP contribution is -2.61. The Morgan fingerprint density at radius 3 is 2.04 bits per heavy atom. The first-order chi connectivity index (χ1) is 24.1. The number of nitrogens with zero attached hydrogens (tertiary/aromatic N) is 2. The minimum Gasteiger partial charge on any atom is -0.480 e. The second-order valence-corrected chi connectivity index (χ2v) is 16.1. The fourth-order valence-electron chi connectivity index (χ4n) is 7.08. The highest BCUT2D eigenvalue weighted by Crippen LogP contribution is 2.41. The molecule has 0 aromatic rings. The third-order valence-corrected chi connectivity index (χ3v) is 10.4. The van der Waals surface area contributed by atoms with E-state index in [0.717, 1.165) is 42.7 Å². The molecule has 0 radical (unpaired) electrons. The molecule has 0 aromatic heterocycles. The Balaban J connectivity index is 2.12. The van der Waals surface area contributed by atoms with Crippen LogP contribution in [0.3, 0.4) is 0 Å². The molecule has 0 spiro atoms. The van der Waals surface area contributed by atoms with Crippen LogP contribution in [0.25, 0.3) is 0 Å². The number of hydrogen-bond acceptors (Lipinski definition) is 8. The van der Waals surface area contributed by atoms with Crippen LogP contribution in [0.5, 0.6) is 0 Å². The summed E-state index contributed by atoms with van der Waals surface area (Å²) in [5.74, 6) is -3.77. The number of carbonyl (C=O) groups is 7. The van der Waals surface area contributed by atoms with E-state index in [2.05, 4.69) is 35.1 Å². The van der Waals surface area contributed by atoms with Gasteiger partial charge in [-0.05, 0) is 55.9 Å². The molecule has 4 atom stereocenters. The molecule has 2 aliphatic rings. The molecule has 1 aliphatic heterocycles. The van der Waals surface area contributed by atoms with Crippen molar-refractivity contribution in [3.05, 3.63) is 23.8 Å². The van der Waals surface area contributed by atoms with Crippen LogP contribution in [0, 0.1) is 22.7 Å². The average molecular weight is 731 g/mol. The van der Waals surface area contributed by atoms with Gasteiger partial charge in [-0.15, -0.1) is 0 Å². The third-order valence-electron chi connectivity index (χ3n) is 10.4. The lowest BCUT2D eigenvalue weighted by Gasteiger charge is -2.43. The number of carboxylic acid groups (broad SMARTS) is 1. The van der Waals surface area contributed by atoms with Crippen molar-refractivity contribution in [2.75, 3.05) is 27.2 Å². The molecule has 6 amide bonds. The Morgan fingerprint density at radius 1 is 0.962 bits per heavy atom. The first kappa shape index (κ1) is 44.1. The van der Waals surface area contributed by atoms with E-state index in [4.69, 9.17) is 0 Å². The monoisotopic (exact) mass is 730 g/mol.